The van der Waals surface area contributed by atoms with E-state index in [1.54, 1.807) is 6.20 Å². The lowest BCUT2D eigenvalue weighted by Gasteiger charge is -2.33. The maximum absolute atomic E-state index is 12.6. The molecular weight excluding hydrogens is 292 g/mol. The predicted octanol–water partition coefficient (Wildman–Crippen LogP) is 2.70. The Morgan fingerprint density at radius 2 is 2.00 bits per heavy atom. The molecule has 23 heavy (non-hydrogen) atoms. The van der Waals surface area contributed by atoms with Gasteiger partial charge < -0.3 is 14.8 Å². The van der Waals surface area contributed by atoms with Gasteiger partial charge in [-0.25, -0.2) is 4.98 Å². The van der Waals surface area contributed by atoms with Crippen molar-refractivity contribution >= 4 is 5.91 Å². The number of rotatable bonds is 4. The number of hydrogen-bond acceptors (Lipinski definition) is 4. The molecule has 1 saturated heterocycles. The highest BCUT2D eigenvalue weighted by Crippen LogP contribution is 2.24. The summed E-state index contributed by atoms with van der Waals surface area (Å²) in [7, 11) is 0. The monoisotopic (exact) mass is 318 g/mol. The standard InChI is InChI=1S/C18H26N2O3/c21-18(14-7-3-1-2-4-8-14)20-15-13-22-12-10-16(15)23-17-9-5-6-11-19-17/h5-6,9,11,14-16H,1-4,7-8,10,12-13H2,(H,20,21). The number of carbonyl (C=O) groups excluding carboxylic acids is 1. The van der Waals surface area contributed by atoms with Crippen molar-refractivity contribution in [2.75, 3.05) is 13.2 Å². The minimum atomic E-state index is -0.0958. The molecule has 126 valence electrons. The molecule has 1 amide bonds. The summed E-state index contributed by atoms with van der Waals surface area (Å²) in [4.78, 5) is 16.8. The van der Waals surface area contributed by atoms with Crippen LogP contribution in [0.1, 0.15) is 44.9 Å². The Kier molecular flexibility index (Phi) is 5.86. The van der Waals surface area contributed by atoms with Crippen molar-refractivity contribution in [3.05, 3.63) is 24.4 Å². The number of nitrogens with zero attached hydrogens (tertiary/aromatic N) is 1. The van der Waals surface area contributed by atoms with E-state index in [-0.39, 0.29) is 24.0 Å². The first-order chi connectivity index (χ1) is 11.3. The third-order valence-electron chi connectivity index (χ3n) is 4.76. The Hall–Kier alpha value is -1.62. The van der Waals surface area contributed by atoms with Crippen LogP contribution in [0, 0.1) is 5.92 Å². The third-order valence-corrected chi connectivity index (χ3v) is 4.76. The summed E-state index contributed by atoms with van der Waals surface area (Å²) in [6.45, 7) is 1.17. The summed E-state index contributed by atoms with van der Waals surface area (Å²) in [5.41, 5.74) is 0. The zero-order valence-corrected chi connectivity index (χ0v) is 13.6. The Labute approximate surface area is 137 Å². The average Bonchev–Trinajstić information content (AvgIpc) is 2.87. The van der Waals surface area contributed by atoms with Crippen molar-refractivity contribution in [1.29, 1.82) is 0 Å². The van der Waals surface area contributed by atoms with Gasteiger partial charge in [0.25, 0.3) is 0 Å². The lowest BCUT2D eigenvalue weighted by atomic mass is 9.98. The zero-order valence-electron chi connectivity index (χ0n) is 13.6. The molecule has 1 N–H and O–H groups in total. The van der Waals surface area contributed by atoms with Crippen LogP contribution in [0.3, 0.4) is 0 Å². The van der Waals surface area contributed by atoms with Gasteiger partial charge in [0.15, 0.2) is 0 Å². The minimum Gasteiger partial charge on any atom is -0.472 e. The normalized spacial score (nSPS) is 26.3. The molecule has 1 saturated carbocycles. The first-order valence-corrected chi connectivity index (χ1v) is 8.79. The predicted molar refractivity (Wildman–Crippen MR) is 87.2 cm³/mol. The van der Waals surface area contributed by atoms with Crippen molar-refractivity contribution in [2.45, 2.75) is 57.1 Å². The third kappa shape index (κ3) is 4.67. The average molecular weight is 318 g/mol. The molecule has 5 heteroatoms. The smallest absolute Gasteiger partial charge is 0.223 e. The van der Waals surface area contributed by atoms with E-state index in [9.17, 15) is 4.79 Å². The topological polar surface area (TPSA) is 60.5 Å². The van der Waals surface area contributed by atoms with E-state index in [2.05, 4.69) is 10.3 Å². The molecule has 1 aromatic rings. The maximum Gasteiger partial charge on any atom is 0.223 e. The van der Waals surface area contributed by atoms with E-state index < -0.39 is 0 Å². The van der Waals surface area contributed by atoms with Crippen LogP contribution in [0.15, 0.2) is 24.4 Å². The largest absolute Gasteiger partial charge is 0.472 e. The van der Waals surface area contributed by atoms with Gasteiger partial charge in [0.2, 0.25) is 11.8 Å². The van der Waals surface area contributed by atoms with Gasteiger partial charge >= 0.3 is 0 Å². The second-order valence-corrected chi connectivity index (χ2v) is 6.49. The van der Waals surface area contributed by atoms with E-state index in [0.717, 1.165) is 32.1 Å². The molecule has 1 aliphatic carbocycles. The fraction of sp³-hybridized carbons (Fsp3) is 0.667. The Morgan fingerprint density at radius 1 is 1.17 bits per heavy atom. The number of carbonyl (C=O) groups is 1. The van der Waals surface area contributed by atoms with Gasteiger partial charge in [-0.05, 0) is 18.9 Å². The second kappa shape index (κ2) is 8.29. The van der Waals surface area contributed by atoms with Crippen molar-refractivity contribution in [1.82, 2.24) is 10.3 Å². The molecule has 2 aliphatic rings. The number of ether oxygens (including phenoxy) is 2. The van der Waals surface area contributed by atoms with Crippen LogP contribution < -0.4 is 10.1 Å². The molecule has 3 rings (SSSR count). The van der Waals surface area contributed by atoms with Crippen LogP contribution in [-0.2, 0) is 9.53 Å². The van der Waals surface area contributed by atoms with Crippen LogP contribution >= 0.6 is 0 Å². The van der Waals surface area contributed by atoms with E-state index >= 15 is 0 Å². The van der Waals surface area contributed by atoms with Crippen LogP contribution in [0.25, 0.3) is 0 Å². The first kappa shape index (κ1) is 16.2. The highest BCUT2D eigenvalue weighted by atomic mass is 16.5. The lowest BCUT2D eigenvalue weighted by molar-refractivity contribution is -0.128. The minimum absolute atomic E-state index is 0.0756. The Balaban J connectivity index is 1.58. The van der Waals surface area contributed by atoms with Crippen molar-refractivity contribution < 1.29 is 14.3 Å². The van der Waals surface area contributed by atoms with Gasteiger partial charge in [0, 0.05) is 24.6 Å². The number of pyridine rings is 1. The first-order valence-electron chi connectivity index (χ1n) is 8.79. The van der Waals surface area contributed by atoms with Crippen molar-refractivity contribution in [3.8, 4) is 5.88 Å². The molecular formula is C18H26N2O3. The molecule has 2 fully saturated rings. The fourth-order valence-electron chi connectivity index (χ4n) is 3.41. The SMILES string of the molecule is O=C(NC1COCCC1Oc1ccccn1)C1CCCCCC1. The summed E-state index contributed by atoms with van der Waals surface area (Å²) in [5.74, 6) is 0.917. The highest BCUT2D eigenvalue weighted by Gasteiger charge is 2.31. The lowest BCUT2D eigenvalue weighted by Crippen LogP contribution is -2.53. The van der Waals surface area contributed by atoms with Crippen molar-refractivity contribution in [3.63, 3.8) is 0 Å². The van der Waals surface area contributed by atoms with Gasteiger partial charge in [0.05, 0.1) is 19.3 Å². The molecule has 2 unspecified atom stereocenters. The van der Waals surface area contributed by atoms with Gasteiger partial charge in [-0.15, -0.1) is 0 Å². The van der Waals surface area contributed by atoms with E-state index in [4.69, 9.17) is 9.47 Å². The number of amides is 1. The van der Waals surface area contributed by atoms with Crippen LogP contribution in [0.4, 0.5) is 0 Å². The molecule has 0 radical (unpaired) electrons. The Morgan fingerprint density at radius 3 is 2.74 bits per heavy atom. The van der Waals surface area contributed by atoms with Crippen LogP contribution in [0.2, 0.25) is 0 Å². The highest BCUT2D eigenvalue weighted by molar-refractivity contribution is 5.79. The van der Waals surface area contributed by atoms with Gasteiger partial charge in [0.1, 0.15) is 6.10 Å². The number of nitrogens with one attached hydrogen (secondary N) is 1. The van der Waals surface area contributed by atoms with Gasteiger partial charge in [-0.3, -0.25) is 4.79 Å². The summed E-state index contributed by atoms with van der Waals surface area (Å²) in [6, 6.07) is 5.52. The van der Waals surface area contributed by atoms with E-state index in [1.165, 1.54) is 12.8 Å². The van der Waals surface area contributed by atoms with E-state index in [0.29, 0.717) is 19.1 Å². The second-order valence-electron chi connectivity index (χ2n) is 6.49. The number of hydrogen-bond donors (Lipinski definition) is 1. The summed E-state index contributed by atoms with van der Waals surface area (Å²) >= 11 is 0. The molecule has 0 aromatic carbocycles. The molecule has 0 spiro atoms. The Bertz CT molecular complexity index is 486. The van der Waals surface area contributed by atoms with Crippen LogP contribution in [-0.4, -0.2) is 36.3 Å². The molecule has 1 aromatic heterocycles. The van der Waals surface area contributed by atoms with E-state index in [1.807, 2.05) is 18.2 Å². The summed E-state index contributed by atoms with van der Waals surface area (Å²) in [5, 5.41) is 3.17. The summed E-state index contributed by atoms with van der Waals surface area (Å²) < 4.78 is 11.5. The molecule has 1 aliphatic heterocycles. The fourth-order valence-corrected chi connectivity index (χ4v) is 3.41. The molecule has 2 heterocycles. The number of aromatic nitrogens is 1. The van der Waals surface area contributed by atoms with Gasteiger partial charge in [-0.1, -0.05) is 31.7 Å². The maximum atomic E-state index is 12.6. The molecule has 2 atom stereocenters. The quantitative estimate of drug-likeness (QED) is 0.867. The van der Waals surface area contributed by atoms with Gasteiger partial charge in [-0.2, -0.15) is 0 Å². The molecule has 0 bridgehead atoms. The summed E-state index contributed by atoms with van der Waals surface area (Å²) in [6.07, 6.45) is 9.24. The van der Waals surface area contributed by atoms with Crippen LogP contribution in [0.5, 0.6) is 5.88 Å². The zero-order chi connectivity index (χ0) is 15.9. The van der Waals surface area contributed by atoms with Crippen molar-refractivity contribution in [2.24, 2.45) is 5.92 Å². The molecule has 5 nitrogen and oxygen atoms in total.